The molecule has 66 valence electrons. The molecule has 0 fully saturated rings. The van der Waals surface area contributed by atoms with E-state index in [1.54, 1.807) is 6.07 Å². The van der Waals surface area contributed by atoms with Crippen molar-refractivity contribution in [3.63, 3.8) is 0 Å². The van der Waals surface area contributed by atoms with E-state index in [0.29, 0.717) is 0 Å². The van der Waals surface area contributed by atoms with Crippen LogP contribution in [-0.2, 0) is 0 Å². The number of nitriles is 1. The van der Waals surface area contributed by atoms with E-state index < -0.39 is 17.3 Å². The predicted octanol–water partition coefficient (Wildman–Crippen LogP) is 0.665. The van der Waals surface area contributed by atoms with Crippen LogP contribution >= 0.6 is 0 Å². The Kier molecular flexibility index (Phi) is 2.15. The Morgan fingerprint density at radius 3 is 2.77 bits per heavy atom. The maximum atomic E-state index is 10.6. The molecule has 1 aromatic heterocycles. The van der Waals surface area contributed by atoms with Gasteiger partial charge in [-0.2, -0.15) is 5.26 Å². The van der Waals surface area contributed by atoms with Crippen molar-refractivity contribution in [2.75, 3.05) is 0 Å². The summed E-state index contributed by atoms with van der Waals surface area (Å²) in [6.07, 6.45) is 1.12. The molecule has 1 rings (SSSR count). The minimum Gasteiger partial charge on any atom is -0.505 e. The van der Waals surface area contributed by atoms with Crippen LogP contribution in [0.2, 0.25) is 0 Å². The fourth-order valence-corrected chi connectivity index (χ4v) is 0.897. The van der Waals surface area contributed by atoms with E-state index in [9.17, 15) is 9.90 Å². The Labute approximate surface area is 73.9 Å². The molecule has 0 aliphatic rings. The molecule has 0 aromatic carbocycles. The number of nitrogens with zero attached hydrogens (tertiary/aromatic N) is 2. The van der Waals surface area contributed by atoms with Crippen LogP contribution in [0.25, 0.3) is 0 Å². The second-order valence-corrected chi connectivity index (χ2v) is 2.40. The normalized spacial score (nSPS) is 9.23. The smallest absolute Gasteiger partial charge is 0.340 e. The average molecular weight is 178 g/mol. The van der Waals surface area contributed by atoms with Gasteiger partial charge >= 0.3 is 5.97 Å². The van der Waals surface area contributed by atoms with E-state index in [2.05, 4.69) is 4.98 Å². The fraction of sp³-hybridized carbons (Fsp3) is 0.125. The van der Waals surface area contributed by atoms with Crippen LogP contribution in [-0.4, -0.2) is 21.2 Å². The van der Waals surface area contributed by atoms with Gasteiger partial charge < -0.3 is 10.2 Å². The van der Waals surface area contributed by atoms with Gasteiger partial charge in [0, 0.05) is 6.20 Å². The van der Waals surface area contributed by atoms with Crippen LogP contribution in [0.4, 0.5) is 0 Å². The topological polar surface area (TPSA) is 94.2 Å². The number of aromatic carboxylic acids is 1. The number of aromatic hydroxyl groups is 1. The van der Waals surface area contributed by atoms with Gasteiger partial charge in [0.2, 0.25) is 0 Å². The average Bonchev–Trinajstić information content (AvgIpc) is 2.08. The molecule has 0 saturated heterocycles. The molecule has 0 amide bonds. The molecule has 1 aromatic rings. The molecular weight excluding hydrogens is 172 g/mol. The summed E-state index contributed by atoms with van der Waals surface area (Å²) in [5.74, 6) is -1.79. The van der Waals surface area contributed by atoms with E-state index in [4.69, 9.17) is 10.4 Å². The Morgan fingerprint density at radius 1 is 1.69 bits per heavy atom. The van der Waals surface area contributed by atoms with E-state index >= 15 is 0 Å². The van der Waals surface area contributed by atoms with Crippen LogP contribution in [0, 0.1) is 18.3 Å². The standard InChI is InChI=1S/C8H6N2O3/c1-4-7(11)6(8(12)13)5(2-9)3-10-4/h3,11H,1H3,(H,12,13). The second-order valence-electron chi connectivity index (χ2n) is 2.40. The Balaban J connectivity index is 3.53. The minimum absolute atomic E-state index is 0.143. The Morgan fingerprint density at radius 2 is 2.31 bits per heavy atom. The lowest BCUT2D eigenvalue weighted by molar-refractivity contribution is 0.0693. The highest BCUT2D eigenvalue weighted by Gasteiger charge is 2.17. The van der Waals surface area contributed by atoms with Crippen LogP contribution in [0.15, 0.2) is 6.20 Å². The van der Waals surface area contributed by atoms with Crippen molar-refractivity contribution in [1.29, 1.82) is 5.26 Å². The van der Waals surface area contributed by atoms with Gasteiger partial charge in [-0.15, -0.1) is 0 Å². The number of pyridine rings is 1. The van der Waals surface area contributed by atoms with Gasteiger partial charge in [0.05, 0.1) is 11.3 Å². The summed E-state index contributed by atoms with van der Waals surface area (Å²) in [4.78, 5) is 14.3. The molecule has 0 radical (unpaired) electrons. The lowest BCUT2D eigenvalue weighted by Crippen LogP contribution is -2.03. The summed E-state index contributed by atoms with van der Waals surface area (Å²) in [5, 5.41) is 26.5. The minimum atomic E-state index is -1.33. The highest BCUT2D eigenvalue weighted by molar-refractivity contribution is 5.93. The SMILES string of the molecule is Cc1ncc(C#N)c(C(=O)O)c1O. The van der Waals surface area contributed by atoms with Crippen molar-refractivity contribution in [2.24, 2.45) is 0 Å². The van der Waals surface area contributed by atoms with Crippen molar-refractivity contribution < 1.29 is 15.0 Å². The number of carboxylic acids is 1. The van der Waals surface area contributed by atoms with Crippen molar-refractivity contribution in [3.05, 3.63) is 23.0 Å². The molecule has 0 aliphatic heterocycles. The lowest BCUT2D eigenvalue weighted by Gasteiger charge is -2.02. The predicted molar refractivity (Wildman–Crippen MR) is 42.3 cm³/mol. The molecular formula is C8H6N2O3. The summed E-state index contributed by atoms with van der Waals surface area (Å²) in [6.45, 7) is 1.46. The van der Waals surface area contributed by atoms with Gasteiger partial charge in [-0.1, -0.05) is 0 Å². The van der Waals surface area contributed by atoms with Crippen molar-refractivity contribution in [1.82, 2.24) is 4.98 Å². The van der Waals surface area contributed by atoms with Gasteiger partial charge in [0.25, 0.3) is 0 Å². The summed E-state index contributed by atoms with van der Waals surface area (Å²) in [7, 11) is 0. The third-order valence-electron chi connectivity index (χ3n) is 1.57. The third kappa shape index (κ3) is 1.42. The molecule has 0 unspecified atom stereocenters. The zero-order valence-electron chi connectivity index (χ0n) is 6.77. The number of aryl methyl sites for hydroxylation is 1. The first-order valence-electron chi connectivity index (χ1n) is 3.40. The Bertz CT molecular complexity index is 407. The fourth-order valence-electron chi connectivity index (χ4n) is 0.897. The maximum Gasteiger partial charge on any atom is 0.340 e. The summed E-state index contributed by atoms with van der Waals surface area (Å²) in [5.41, 5.74) is -0.345. The molecule has 13 heavy (non-hydrogen) atoms. The quantitative estimate of drug-likeness (QED) is 0.658. The van der Waals surface area contributed by atoms with Crippen LogP contribution in [0.5, 0.6) is 5.75 Å². The third-order valence-corrected chi connectivity index (χ3v) is 1.57. The van der Waals surface area contributed by atoms with E-state index in [1.165, 1.54) is 6.92 Å². The lowest BCUT2D eigenvalue weighted by atomic mass is 10.1. The molecule has 1 heterocycles. The van der Waals surface area contributed by atoms with E-state index in [0.717, 1.165) is 6.20 Å². The second kappa shape index (κ2) is 3.11. The number of rotatable bonds is 1. The molecule has 0 aliphatic carbocycles. The largest absolute Gasteiger partial charge is 0.505 e. The first-order chi connectivity index (χ1) is 6.07. The first-order valence-corrected chi connectivity index (χ1v) is 3.40. The highest BCUT2D eigenvalue weighted by Crippen LogP contribution is 2.22. The first kappa shape index (κ1) is 9.00. The number of hydrogen-bond acceptors (Lipinski definition) is 4. The zero-order valence-corrected chi connectivity index (χ0v) is 6.77. The molecule has 2 N–H and O–H groups in total. The number of carbonyl (C=O) groups is 1. The molecule has 0 atom stereocenters. The molecule has 5 heteroatoms. The van der Waals surface area contributed by atoms with E-state index in [1.807, 2.05) is 0 Å². The summed E-state index contributed by atoms with van der Waals surface area (Å²) >= 11 is 0. The van der Waals surface area contributed by atoms with Gasteiger partial charge in [0.1, 0.15) is 11.6 Å². The zero-order chi connectivity index (χ0) is 10.0. The van der Waals surface area contributed by atoms with Crippen LogP contribution in [0.3, 0.4) is 0 Å². The number of hydrogen-bond donors (Lipinski definition) is 2. The summed E-state index contributed by atoms with van der Waals surface area (Å²) < 4.78 is 0. The number of aromatic nitrogens is 1. The van der Waals surface area contributed by atoms with Crippen LogP contribution < -0.4 is 0 Å². The van der Waals surface area contributed by atoms with E-state index in [-0.39, 0.29) is 11.3 Å². The van der Waals surface area contributed by atoms with Crippen molar-refractivity contribution in [3.8, 4) is 11.8 Å². The van der Waals surface area contributed by atoms with Gasteiger partial charge in [-0.05, 0) is 6.92 Å². The monoisotopic (exact) mass is 178 g/mol. The van der Waals surface area contributed by atoms with Gasteiger partial charge in [-0.3, -0.25) is 4.98 Å². The molecule has 5 nitrogen and oxygen atoms in total. The van der Waals surface area contributed by atoms with Crippen LogP contribution in [0.1, 0.15) is 21.6 Å². The highest BCUT2D eigenvalue weighted by atomic mass is 16.4. The number of carboxylic acid groups (broad SMARTS) is 1. The molecule has 0 bridgehead atoms. The van der Waals surface area contributed by atoms with Gasteiger partial charge in [-0.25, -0.2) is 4.79 Å². The van der Waals surface area contributed by atoms with Crippen molar-refractivity contribution in [2.45, 2.75) is 6.92 Å². The molecule has 0 spiro atoms. The van der Waals surface area contributed by atoms with Gasteiger partial charge in [0.15, 0.2) is 5.75 Å². The Hall–Kier alpha value is -2.09. The summed E-state index contributed by atoms with van der Waals surface area (Å²) in [6, 6.07) is 1.64. The van der Waals surface area contributed by atoms with Crippen molar-refractivity contribution >= 4 is 5.97 Å². The maximum absolute atomic E-state index is 10.6. The molecule has 0 saturated carbocycles.